The van der Waals surface area contributed by atoms with Gasteiger partial charge in [-0.3, -0.25) is 0 Å². The van der Waals surface area contributed by atoms with Crippen molar-refractivity contribution in [2.75, 3.05) is 12.8 Å². The van der Waals surface area contributed by atoms with Crippen LogP contribution in [-0.4, -0.2) is 26.5 Å². The molecule has 2 aromatic rings. The van der Waals surface area contributed by atoms with Crippen LogP contribution in [0.25, 0.3) is 11.0 Å². The fourth-order valence-corrected chi connectivity index (χ4v) is 2.88. The Hall–Kier alpha value is -1.40. The molecule has 0 bridgehead atoms. The van der Waals surface area contributed by atoms with E-state index in [9.17, 15) is 12.8 Å². The maximum absolute atomic E-state index is 13.2. The molecule has 0 aliphatic heterocycles. The van der Waals surface area contributed by atoms with Crippen molar-refractivity contribution >= 4 is 20.8 Å². The van der Waals surface area contributed by atoms with Crippen LogP contribution < -0.4 is 5.32 Å². The molecule has 0 saturated heterocycles. The van der Waals surface area contributed by atoms with Gasteiger partial charge in [-0.25, -0.2) is 12.8 Å². The molecule has 0 spiro atoms. The summed E-state index contributed by atoms with van der Waals surface area (Å²) in [5, 5.41) is 3.11. The fourth-order valence-electron chi connectivity index (χ4n) is 2.15. The lowest BCUT2D eigenvalue weighted by Crippen LogP contribution is -2.34. The van der Waals surface area contributed by atoms with E-state index in [1.54, 1.807) is 19.1 Å². The largest absolute Gasteiger partial charge is 0.459 e. The third-order valence-corrected chi connectivity index (χ3v) is 5.00. The first-order valence-corrected chi connectivity index (χ1v) is 8.39. The Morgan fingerprint density at radius 2 is 2.05 bits per heavy atom. The van der Waals surface area contributed by atoms with Gasteiger partial charge < -0.3 is 9.73 Å². The molecule has 1 N–H and O–H groups in total. The summed E-state index contributed by atoms with van der Waals surface area (Å²) < 4.78 is 42.3. The minimum Gasteiger partial charge on any atom is -0.459 e. The molecule has 110 valence electrons. The molecule has 0 radical (unpaired) electrons. The Balaban J connectivity index is 2.46. The van der Waals surface area contributed by atoms with Crippen molar-refractivity contribution in [3.63, 3.8) is 0 Å². The monoisotopic (exact) mass is 299 g/mol. The Morgan fingerprint density at radius 1 is 1.35 bits per heavy atom. The number of benzene rings is 1. The number of furan rings is 1. The molecular weight excluding hydrogens is 281 g/mol. The third-order valence-electron chi connectivity index (χ3n) is 3.37. The zero-order valence-corrected chi connectivity index (χ0v) is 12.5. The van der Waals surface area contributed by atoms with E-state index in [0.29, 0.717) is 23.3 Å². The summed E-state index contributed by atoms with van der Waals surface area (Å²) in [6.45, 7) is 4.14. The number of nitrogens with one attached hydrogen (secondary N) is 1. The van der Waals surface area contributed by atoms with Crippen molar-refractivity contribution in [2.24, 2.45) is 0 Å². The second-order valence-corrected chi connectivity index (χ2v) is 7.30. The van der Waals surface area contributed by atoms with Crippen LogP contribution in [0, 0.1) is 5.82 Å². The quantitative estimate of drug-likeness (QED) is 0.922. The molecule has 2 unspecified atom stereocenters. The molecule has 20 heavy (non-hydrogen) atoms. The lowest BCUT2D eigenvalue weighted by molar-refractivity contribution is 0.424. The first-order valence-electron chi connectivity index (χ1n) is 6.44. The van der Waals surface area contributed by atoms with Gasteiger partial charge in [0.25, 0.3) is 0 Å². The van der Waals surface area contributed by atoms with Crippen molar-refractivity contribution in [3.05, 3.63) is 35.8 Å². The van der Waals surface area contributed by atoms with E-state index >= 15 is 0 Å². The van der Waals surface area contributed by atoms with Crippen molar-refractivity contribution in [1.82, 2.24) is 5.32 Å². The van der Waals surface area contributed by atoms with Crippen molar-refractivity contribution in [1.29, 1.82) is 0 Å². The maximum atomic E-state index is 13.2. The zero-order chi connectivity index (χ0) is 14.9. The molecule has 0 amide bonds. The zero-order valence-electron chi connectivity index (χ0n) is 11.7. The molecular formula is C14H18FNO3S. The van der Waals surface area contributed by atoms with Gasteiger partial charge in [-0.15, -0.1) is 0 Å². The van der Waals surface area contributed by atoms with E-state index in [1.165, 1.54) is 18.4 Å². The normalized spacial score (nSPS) is 15.4. The summed E-state index contributed by atoms with van der Waals surface area (Å²) in [6.07, 6.45) is 1.20. The van der Waals surface area contributed by atoms with Gasteiger partial charge in [0.15, 0.2) is 9.84 Å². The minimum atomic E-state index is -3.21. The summed E-state index contributed by atoms with van der Waals surface area (Å²) >= 11 is 0. The minimum absolute atomic E-state index is 0.346. The number of sulfone groups is 1. The van der Waals surface area contributed by atoms with Crippen molar-refractivity contribution in [2.45, 2.75) is 25.1 Å². The summed E-state index contributed by atoms with van der Waals surface area (Å²) in [7, 11) is -3.21. The molecule has 1 aromatic heterocycles. The van der Waals surface area contributed by atoms with Crippen LogP contribution in [0.2, 0.25) is 0 Å². The number of rotatable bonds is 5. The van der Waals surface area contributed by atoms with Crippen LogP contribution in [0.15, 0.2) is 28.7 Å². The highest BCUT2D eigenvalue weighted by Gasteiger charge is 2.29. The first-order chi connectivity index (χ1) is 9.32. The molecule has 4 nitrogen and oxygen atoms in total. The summed E-state index contributed by atoms with van der Waals surface area (Å²) in [6, 6.07) is 5.47. The van der Waals surface area contributed by atoms with Crippen LogP contribution in [-0.2, 0) is 9.84 Å². The summed E-state index contributed by atoms with van der Waals surface area (Å²) in [5.74, 6) is 0.159. The van der Waals surface area contributed by atoms with Crippen LogP contribution >= 0.6 is 0 Å². The van der Waals surface area contributed by atoms with Gasteiger partial charge in [-0.2, -0.15) is 0 Å². The molecule has 2 rings (SSSR count). The maximum Gasteiger partial charge on any atom is 0.152 e. The third kappa shape index (κ3) is 3.02. The Labute approximate surface area is 117 Å². The lowest BCUT2D eigenvalue weighted by Gasteiger charge is -2.21. The average molecular weight is 299 g/mol. The summed E-state index contributed by atoms with van der Waals surface area (Å²) in [5.41, 5.74) is 0.546. The van der Waals surface area contributed by atoms with Crippen LogP contribution in [0.5, 0.6) is 0 Å². The van der Waals surface area contributed by atoms with E-state index in [-0.39, 0.29) is 5.82 Å². The molecule has 0 aliphatic rings. The van der Waals surface area contributed by atoms with Crippen LogP contribution in [0.4, 0.5) is 4.39 Å². The predicted octanol–water partition coefficient (Wildman–Crippen LogP) is 2.66. The van der Waals surface area contributed by atoms with Crippen molar-refractivity contribution in [3.8, 4) is 0 Å². The Morgan fingerprint density at radius 3 is 2.65 bits per heavy atom. The molecule has 0 aliphatic carbocycles. The number of hydrogen-bond donors (Lipinski definition) is 1. The topological polar surface area (TPSA) is 59.3 Å². The predicted molar refractivity (Wildman–Crippen MR) is 76.9 cm³/mol. The van der Waals surface area contributed by atoms with E-state index in [1.807, 2.05) is 6.92 Å². The molecule has 0 fully saturated rings. The second-order valence-electron chi connectivity index (χ2n) is 4.90. The van der Waals surface area contributed by atoms with Gasteiger partial charge in [0, 0.05) is 11.6 Å². The van der Waals surface area contributed by atoms with E-state index in [4.69, 9.17) is 4.42 Å². The highest BCUT2D eigenvalue weighted by atomic mass is 32.2. The van der Waals surface area contributed by atoms with Gasteiger partial charge >= 0.3 is 0 Å². The lowest BCUT2D eigenvalue weighted by atomic mass is 10.1. The number of halogens is 1. The molecule has 1 aromatic carbocycles. The number of fused-ring (bicyclic) bond motifs is 1. The SMILES string of the molecule is CCNC(c1cc2cc(F)ccc2o1)C(C)S(C)(=O)=O. The van der Waals surface area contributed by atoms with Gasteiger partial charge in [0.2, 0.25) is 0 Å². The average Bonchev–Trinajstić information content (AvgIpc) is 2.76. The van der Waals surface area contributed by atoms with Crippen LogP contribution in [0.1, 0.15) is 25.6 Å². The van der Waals surface area contributed by atoms with E-state index in [0.717, 1.165) is 0 Å². The second kappa shape index (κ2) is 5.54. The Bertz CT molecular complexity index is 708. The molecule has 1 heterocycles. The molecule has 2 atom stereocenters. The smallest absolute Gasteiger partial charge is 0.152 e. The van der Waals surface area contributed by atoms with Gasteiger partial charge in [0.05, 0.1) is 11.3 Å². The standard InChI is InChI=1S/C14H18FNO3S/c1-4-16-14(9(2)20(3,17)18)13-8-10-7-11(15)5-6-12(10)19-13/h5-9,14,16H,4H2,1-3H3. The van der Waals surface area contributed by atoms with Gasteiger partial charge in [-0.1, -0.05) is 6.92 Å². The summed E-state index contributed by atoms with van der Waals surface area (Å²) in [4.78, 5) is 0. The van der Waals surface area contributed by atoms with Crippen molar-refractivity contribution < 1.29 is 17.2 Å². The molecule has 6 heteroatoms. The molecule has 0 saturated carbocycles. The highest BCUT2D eigenvalue weighted by Crippen LogP contribution is 2.28. The van der Waals surface area contributed by atoms with E-state index in [2.05, 4.69) is 5.32 Å². The van der Waals surface area contributed by atoms with E-state index < -0.39 is 21.1 Å². The first kappa shape index (κ1) is 15.0. The Kier molecular flexibility index (Phi) is 4.15. The fraction of sp³-hybridized carbons (Fsp3) is 0.429. The van der Waals surface area contributed by atoms with Crippen LogP contribution in [0.3, 0.4) is 0 Å². The van der Waals surface area contributed by atoms with Gasteiger partial charge in [-0.05, 0) is 37.7 Å². The highest BCUT2D eigenvalue weighted by molar-refractivity contribution is 7.91. The van der Waals surface area contributed by atoms with Gasteiger partial charge in [0.1, 0.15) is 17.2 Å². The number of hydrogen-bond acceptors (Lipinski definition) is 4.